The molecule has 0 amide bonds. The molecule has 2 aromatic rings. The zero-order valence-corrected chi connectivity index (χ0v) is 10.8. The first-order valence-electron chi connectivity index (χ1n) is 5.60. The molecule has 18 heavy (non-hydrogen) atoms. The van der Waals surface area contributed by atoms with Gasteiger partial charge in [-0.15, -0.1) is 0 Å². The average molecular weight is 282 g/mol. The lowest BCUT2D eigenvalue weighted by molar-refractivity contribution is 0.0699. The van der Waals surface area contributed by atoms with Gasteiger partial charge in [-0.05, 0) is 31.0 Å². The Kier molecular flexibility index (Phi) is 2.68. The van der Waals surface area contributed by atoms with Crippen molar-refractivity contribution in [3.63, 3.8) is 0 Å². The molecule has 1 saturated carbocycles. The highest BCUT2D eigenvalue weighted by Gasteiger charge is 2.27. The van der Waals surface area contributed by atoms with Crippen LogP contribution in [0.2, 0.25) is 10.0 Å². The third-order valence-corrected chi connectivity index (χ3v) is 3.73. The third-order valence-electron chi connectivity index (χ3n) is 3.11. The van der Waals surface area contributed by atoms with Crippen molar-refractivity contribution in [2.45, 2.75) is 18.8 Å². The number of nitrogens with zero attached hydrogens (tertiary/aromatic N) is 1. The molecule has 0 aliphatic heterocycles. The Bertz CT molecular complexity index is 666. The van der Waals surface area contributed by atoms with Gasteiger partial charge in [-0.1, -0.05) is 23.2 Å². The summed E-state index contributed by atoms with van der Waals surface area (Å²) in [5.74, 6) is -0.643. The number of fused-ring (bicyclic) bond motifs is 1. The molecule has 1 N–H and O–H groups in total. The number of aromatic carboxylic acids is 1. The van der Waals surface area contributed by atoms with Crippen molar-refractivity contribution >= 4 is 40.1 Å². The van der Waals surface area contributed by atoms with Gasteiger partial charge < -0.3 is 5.11 Å². The van der Waals surface area contributed by atoms with Gasteiger partial charge in [-0.3, -0.25) is 4.98 Å². The maximum absolute atomic E-state index is 11.3. The number of hydrogen-bond donors (Lipinski definition) is 1. The van der Waals surface area contributed by atoms with E-state index < -0.39 is 5.97 Å². The second-order valence-corrected chi connectivity index (χ2v) is 5.24. The molecule has 0 atom stereocenters. The minimum atomic E-state index is -1.01. The van der Waals surface area contributed by atoms with Crippen molar-refractivity contribution in [1.29, 1.82) is 0 Å². The fourth-order valence-electron chi connectivity index (χ4n) is 2.04. The van der Waals surface area contributed by atoms with E-state index in [-0.39, 0.29) is 5.56 Å². The fraction of sp³-hybridized carbons (Fsp3) is 0.231. The van der Waals surface area contributed by atoms with Gasteiger partial charge in [0.1, 0.15) is 0 Å². The highest BCUT2D eigenvalue weighted by atomic mass is 35.5. The maximum Gasteiger partial charge on any atom is 0.336 e. The summed E-state index contributed by atoms with van der Waals surface area (Å²) in [5, 5.41) is 10.5. The van der Waals surface area contributed by atoms with E-state index >= 15 is 0 Å². The number of carboxylic acid groups (broad SMARTS) is 1. The Morgan fingerprint density at radius 1 is 1.28 bits per heavy atom. The number of carboxylic acids is 1. The van der Waals surface area contributed by atoms with Gasteiger partial charge >= 0.3 is 5.97 Å². The Morgan fingerprint density at radius 3 is 2.56 bits per heavy atom. The molecule has 3 rings (SSSR count). The van der Waals surface area contributed by atoms with Crippen molar-refractivity contribution < 1.29 is 9.90 Å². The van der Waals surface area contributed by atoms with Crippen LogP contribution in [-0.4, -0.2) is 16.1 Å². The predicted octanol–water partition coefficient (Wildman–Crippen LogP) is 4.12. The van der Waals surface area contributed by atoms with E-state index in [1.165, 1.54) is 0 Å². The first-order valence-corrected chi connectivity index (χ1v) is 6.35. The summed E-state index contributed by atoms with van der Waals surface area (Å²) in [6.07, 6.45) is 2.10. The minimum Gasteiger partial charge on any atom is -0.478 e. The number of hydrogen-bond acceptors (Lipinski definition) is 2. The monoisotopic (exact) mass is 281 g/mol. The molecule has 92 valence electrons. The molecule has 0 bridgehead atoms. The number of pyridine rings is 1. The average Bonchev–Trinajstić information content (AvgIpc) is 3.16. The van der Waals surface area contributed by atoms with Crippen LogP contribution in [0.1, 0.15) is 34.8 Å². The smallest absolute Gasteiger partial charge is 0.336 e. The zero-order valence-electron chi connectivity index (χ0n) is 9.28. The summed E-state index contributed by atoms with van der Waals surface area (Å²) in [6, 6.07) is 4.85. The molecule has 0 unspecified atom stereocenters. The Morgan fingerprint density at radius 2 is 1.94 bits per heavy atom. The lowest BCUT2D eigenvalue weighted by Gasteiger charge is -2.08. The van der Waals surface area contributed by atoms with E-state index in [1.807, 2.05) is 0 Å². The highest BCUT2D eigenvalue weighted by Crippen LogP contribution is 2.41. The molecule has 1 aliphatic rings. The predicted molar refractivity (Wildman–Crippen MR) is 70.7 cm³/mol. The van der Waals surface area contributed by atoms with Crippen LogP contribution >= 0.6 is 23.2 Å². The Balaban J connectivity index is 2.40. The lowest BCUT2D eigenvalue weighted by Crippen LogP contribution is -2.02. The quantitative estimate of drug-likeness (QED) is 0.901. The summed E-state index contributed by atoms with van der Waals surface area (Å²) in [7, 11) is 0. The molecule has 1 aromatic heterocycles. The number of aromatic nitrogens is 1. The Hall–Kier alpha value is -1.32. The van der Waals surface area contributed by atoms with E-state index in [0.717, 1.165) is 18.5 Å². The van der Waals surface area contributed by atoms with E-state index in [1.54, 1.807) is 18.2 Å². The van der Waals surface area contributed by atoms with Gasteiger partial charge in [0, 0.05) is 17.0 Å². The van der Waals surface area contributed by atoms with E-state index in [0.29, 0.717) is 26.9 Å². The van der Waals surface area contributed by atoms with Crippen molar-refractivity contribution in [1.82, 2.24) is 4.98 Å². The van der Waals surface area contributed by atoms with E-state index in [4.69, 9.17) is 23.2 Å². The summed E-state index contributed by atoms with van der Waals surface area (Å²) in [6.45, 7) is 0. The minimum absolute atomic E-state index is 0.175. The highest BCUT2D eigenvalue weighted by molar-refractivity contribution is 6.40. The first kappa shape index (κ1) is 11.8. The van der Waals surface area contributed by atoms with Gasteiger partial charge in [-0.25, -0.2) is 4.79 Å². The summed E-state index contributed by atoms with van der Waals surface area (Å²) >= 11 is 12.2. The molecule has 1 fully saturated rings. The largest absolute Gasteiger partial charge is 0.478 e. The summed E-state index contributed by atoms with van der Waals surface area (Å²) < 4.78 is 0. The molecular formula is C13H9Cl2NO2. The number of rotatable bonds is 2. The second kappa shape index (κ2) is 4.11. The lowest BCUT2D eigenvalue weighted by atomic mass is 10.1. The molecule has 1 heterocycles. The number of benzene rings is 1. The van der Waals surface area contributed by atoms with Crippen LogP contribution in [0, 0.1) is 0 Å². The normalized spacial score (nSPS) is 15.0. The van der Waals surface area contributed by atoms with Gasteiger partial charge in [-0.2, -0.15) is 0 Å². The number of halogens is 2. The zero-order chi connectivity index (χ0) is 12.9. The second-order valence-electron chi connectivity index (χ2n) is 4.43. The SMILES string of the molecule is O=C(O)c1cc(C2CC2)nc2c(Cl)ccc(Cl)c12. The summed E-state index contributed by atoms with van der Waals surface area (Å²) in [4.78, 5) is 15.8. The molecule has 1 aromatic carbocycles. The molecule has 3 nitrogen and oxygen atoms in total. The molecular weight excluding hydrogens is 273 g/mol. The van der Waals surface area contributed by atoms with Crippen LogP contribution in [0.4, 0.5) is 0 Å². The van der Waals surface area contributed by atoms with Crippen LogP contribution in [0.25, 0.3) is 10.9 Å². The third kappa shape index (κ3) is 1.84. The molecule has 0 saturated heterocycles. The van der Waals surface area contributed by atoms with Crippen molar-refractivity contribution in [3.05, 3.63) is 39.5 Å². The molecule has 5 heteroatoms. The molecule has 0 spiro atoms. The maximum atomic E-state index is 11.3. The standard InChI is InChI=1S/C13H9Cl2NO2/c14-8-3-4-9(15)12-11(8)7(13(17)18)5-10(16-12)6-1-2-6/h3-6H,1-2H2,(H,17,18). The topological polar surface area (TPSA) is 50.2 Å². The Labute approximate surface area is 113 Å². The van der Waals surface area contributed by atoms with Gasteiger partial charge in [0.15, 0.2) is 0 Å². The van der Waals surface area contributed by atoms with Gasteiger partial charge in [0.2, 0.25) is 0 Å². The van der Waals surface area contributed by atoms with Gasteiger partial charge in [0.05, 0.1) is 21.1 Å². The van der Waals surface area contributed by atoms with Crippen molar-refractivity contribution in [2.24, 2.45) is 0 Å². The fourth-order valence-corrected chi connectivity index (χ4v) is 2.50. The van der Waals surface area contributed by atoms with E-state index in [2.05, 4.69) is 4.98 Å². The van der Waals surface area contributed by atoms with Crippen LogP contribution in [0.5, 0.6) is 0 Å². The van der Waals surface area contributed by atoms with Crippen LogP contribution in [0.3, 0.4) is 0 Å². The van der Waals surface area contributed by atoms with Crippen LogP contribution in [-0.2, 0) is 0 Å². The van der Waals surface area contributed by atoms with Crippen LogP contribution < -0.4 is 0 Å². The van der Waals surface area contributed by atoms with Crippen LogP contribution in [0.15, 0.2) is 18.2 Å². The summed E-state index contributed by atoms with van der Waals surface area (Å²) in [5.41, 5.74) is 1.45. The van der Waals surface area contributed by atoms with Gasteiger partial charge in [0.25, 0.3) is 0 Å². The molecule has 0 radical (unpaired) electrons. The van der Waals surface area contributed by atoms with Crippen molar-refractivity contribution in [3.8, 4) is 0 Å². The van der Waals surface area contributed by atoms with Crippen molar-refractivity contribution in [2.75, 3.05) is 0 Å². The number of carbonyl (C=O) groups is 1. The first-order chi connectivity index (χ1) is 8.58. The molecule has 1 aliphatic carbocycles. The van der Waals surface area contributed by atoms with E-state index in [9.17, 15) is 9.90 Å².